The van der Waals surface area contributed by atoms with Crippen LogP contribution in [0.25, 0.3) is 0 Å². The van der Waals surface area contributed by atoms with Gasteiger partial charge in [-0.1, -0.05) is 36.4 Å². The summed E-state index contributed by atoms with van der Waals surface area (Å²) in [6.07, 6.45) is 1.83. The molecular weight excluding hydrogens is 234 g/mol. The first-order valence-electron chi connectivity index (χ1n) is 6.71. The average molecular weight is 255 g/mol. The Hall–Kier alpha value is -1.87. The average Bonchev–Trinajstić information content (AvgIpc) is 2.46. The van der Waals surface area contributed by atoms with Crippen LogP contribution in [0.2, 0.25) is 0 Å². The van der Waals surface area contributed by atoms with Crippen LogP contribution in [0.5, 0.6) is 0 Å². The molecule has 0 fully saturated rings. The predicted molar refractivity (Wildman–Crippen MR) is 80.0 cm³/mol. The molecule has 0 saturated carbocycles. The lowest BCUT2D eigenvalue weighted by atomic mass is 10.1. The van der Waals surface area contributed by atoms with E-state index in [-0.39, 0.29) is 6.04 Å². The second-order valence-corrected chi connectivity index (χ2v) is 4.70. The lowest BCUT2D eigenvalue weighted by Gasteiger charge is -2.25. The van der Waals surface area contributed by atoms with Crippen molar-refractivity contribution >= 4 is 5.82 Å². The molecule has 0 aliphatic heterocycles. The number of aromatic nitrogens is 1. The molecule has 1 atom stereocenters. The van der Waals surface area contributed by atoms with Gasteiger partial charge in [-0.2, -0.15) is 0 Å². The normalized spacial score (nSPS) is 12.2. The summed E-state index contributed by atoms with van der Waals surface area (Å²) < 4.78 is 0. The molecule has 19 heavy (non-hydrogen) atoms. The van der Waals surface area contributed by atoms with Gasteiger partial charge in [0.15, 0.2) is 0 Å². The molecular formula is C16H21N3. The van der Waals surface area contributed by atoms with Crippen LogP contribution in [0, 0.1) is 0 Å². The van der Waals surface area contributed by atoms with Gasteiger partial charge in [0.05, 0.1) is 0 Å². The van der Waals surface area contributed by atoms with Crippen molar-refractivity contribution in [3.63, 3.8) is 0 Å². The van der Waals surface area contributed by atoms with E-state index in [1.54, 1.807) is 0 Å². The molecule has 0 bridgehead atoms. The summed E-state index contributed by atoms with van der Waals surface area (Å²) in [7, 11) is 0. The molecule has 0 saturated heterocycles. The van der Waals surface area contributed by atoms with Crippen LogP contribution in [0.3, 0.4) is 0 Å². The number of nitrogens with zero attached hydrogens (tertiary/aromatic N) is 2. The zero-order valence-corrected chi connectivity index (χ0v) is 11.6. The Balaban J connectivity index is 2.27. The minimum Gasteiger partial charge on any atom is -0.352 e. The molecule has 3 heteroatoms. The molecule has 1 aromatic heterocycles. The highest BCUT2D eigenvalue weighted by molar-refractivity contribution is 5.48. The van der Waals surface area contributed by atoms with E-state index in [0.717, 1.165) is 24.5 Å². The predicted octanol–water partition coefficient (Wildman–Crippen LogP) is 3.13. The van der Waals surface area contributed by atoms with Gasteiger partial charge >= 0.3 is 0 Å². The number of rotatable bonds is 5. The van der Waals surface area contributed by atoms with Crippen LogP contribution in [0.4, 0.5) is 5.82 Å². The van der Waals surface area contributed by atoms with Crippen molar-refractivity contribution in [3.05, 3.63) is 59.8 Å². The summed E-state index contributed by atoms with van der Waals surface area (Å²) in [5.74, 6) is 0.990. The number of hydrogen-bond donors (Lipinski definition) is 1. The van der Waals surface area contributed by atoms with Crippen molar-refractivity contribution in [2.75, 3.05) is 11.4 Å². The van der Waals surface area contributed by atoms with Gasteiger partial charge in [0.1, 0.15) is 5.82 Å². The third-order valence-electron chi connectivity index (χ3n) is 3.20. The first-order chi connectivity index (χ1) is 9.22. The highest BCUT2D eigenvalue weighted by atomic mass is 15.2. The van der Waals surface area contributed by atoms with Crippen LogP contribution in [-0.2, 0) is 6.54 Å². The van der Waals surface area contributed by atoms with Gasteiger partial charge in [-0.15, -0.1) is 0 Å². The molecule has 2 rings (SSSR count). The fourth-order valence-corrected chi connectivity index (χ4v) is 2.17. The Morgan fingerprint density at radius 3 is 2.53 bits per heavy atom. The first kappa shape index (κ1) is 13.6. The number of anilines is 1. The van der Waals surface area contributed by atoms with Crippen LogP contribution in [0.15, 0.2) is 48.7 Å². The van der Waals surface area contributed by atoms with E-state index in [2.05, 4.69) is 47.1 Å². The highest BCUT2D eigenvalue weighted by Gasteiger charge is 2.13. The Bertz CT molecular complexity index is 508. The SMILES string of the molecule is CCN(Cc1ccccc1)c1ncccc1C(C)N. The second kappa shape index (κ2) is 6.34. The van der Waals surface area contributed by atoms with E-state index in [4.69, 9.17) is 5.73 Å². The third kappa shape index (κ3) is 3.32. The standard InChI is InChI=1S/C16H21N3/c1-3-19(12-14-8-5-4-6-9-14)16-15(13(2)17)10-7-11-18-16/h4-11,13H,3,12,17H2,1-2H3. The molecule has 2 N–H and O–H groups in total. The fourth-order valence-electron chi connectivity index (χ4n) is 2.17. The molecule has 0 aliphatic rings. The first-order valence-corrected chi connectivity index (χ1v) is 6.71. The minimum absolute atomic E-state index is 0.00600. The number of nitrogens with two attached hydrogens (primary N) is 1. The van der Waals surface area contributed by atoms with E-state index in [0.29, 0.717) is 0 Å². The molecule has 1 heterocycles. The van der Waals surface area contributed by atoms with Crippen molar-refractivity contribution in [2.45, 2.75) is 26.4 Å². The van der Waals surface area contributed by atoms with Crippen molar-refractivity contribution < 1.29 is 0 Å². The van der Waals surface area contributed by atoms with Gasteiger partial charge in [-0.3, -0.25) is 0 Å². The molecule has 0 amide bonds. The van der Waals surface area contributed by atoms with Crippen molar-refractivity contribution in [2.24, 2.45) is 5.73 Å². The van der Waals surface area contributed by atoms with Crippen molar-refractivity contribution in [1.82, 2.24) is 4.98 Å². The van der Waals surface area contributed by atoms with Crippen molar-refractivity contribution in [1.29, 1.82) is 0 Å². The van der Waals surface area contributed by atoms with Gasteiger partial charge < -0.3 is 10.6 Å². The highest BCUT2D eigenvalue weighted by Crippen LogP contribution is 2.23. The zero-order chi connectivity index (χ0) is 13.7. The number of pyridine rings is 1. The molecule has 0 aliphatic carbocycles. The van der Waals surface area contributed by atoms with Crippen molar-refractivity contribution in [3.8, 4) is 0 Å². The molecule has 1 aromatic carbocycles. The van der Waals surface area contributed by atoms with Gasteiger partial charge in [0.25, 0.3) is 0 Å². The minimum atomic E-state index is -0.00600. The Kier molecular flexibility index (Phi) is 4.53. The van der Waals surface area contributed by atoms with E-state index in [9.17, 15) is 0 Å². The van der Waals surface area contributed by atoms with Crippen LogP contribution < -0.4 is 10.6 Å². The second-order valence-electron chi connectivity index (χ2n) is 4.70. The molecule has 1 unspecified atom stereocenters. The maximum absolute atomic E-state index is 6.03. The monoisotopic (exact) mass is 255 g/mol. The van der Waals surface area contributed by atoms with E-state index < -0.39 is 0 Å². The van der Waals surface area contributed by atoms with E-state index in [1.165, 1.54) is 5.56 Å². The summed E-state index contributed by atoms with van der Waals surface area (Å²) >= 11 is 0. The molecule has 100 valence electrons. The topological polar surface area (TPSA) is 42.2 Å². The quantitative estimate of drug-likeness (QED) is 0.892. The number of hydrogen-bond acceptors (Lipinski definition) is 3. The van der Waals surface area contributed by atoms with Gasteiger partial charge in [0.2, 0.25) is 0 Å². The molecule has 0 radical (unpaired) electrons. The third-order valence-corrected chi connectivity index (χ3v) is 3.20. The maximum Gasteiger partial charge on any atom is 0.133 e. The van der Waals surface area contributed by atoms with Gasteiger partial charge in [0, 0.05) is 30.9 Å². The van der Waals surface area contributed by atoms with E-state index >= 15 is 0 Å². The van der Waals surface area contributed by atoms with Crippen LogP contribution >= 0.6 is 0 Å². The lowest BCUT2D eigenvalue weighted by molar-refractivity contribution is 0.762. The van der Waals surface area contributed by atoms with Gasteiger partial charge in [-0.05, 0) is 25.5 Å². The fraction of sp³-hybridized carbons (Fsp3) is 0.312. The Morgan fingerprint density at radius 2 is 1.89 bits per heavy atom. The smallest absolute Gasteiger partial charge is 0.133 e. The molecule has 0 spiro atoms. The summed E-state index contributed by atoms with van der Waals surface area (Å²) in [6, 6.07) is 14.4. The maximum atomic E-state index is 6.03. The summed E-state index contributed by atoms with van der Waals surface area (Å²) in [5.41, 5.74) is 8.41. The molecule has 3 nitrogen and oxygen atoms in total. The molecule has 2 aromatic rings. The van der Waals surface area contributed by atoms with Crippen LogP contribution in [-0.4, -0.2) is 11.5 Å². The summed E-state index contributed by atoms with van der Waals surface area (Å²) in [5, 5.41) is 0. The van der Waals surface area contributed by atoms with Gasteiger partial charge in [-0.25, -0.2) is 4.98 Å². The Labute approximate surface area is 115 Å². The summed E-state index contributed by atoms with van der Waals surface area (Å²) in [6.45, 7) is 5.90. The lowest BCUT2D eigenvalue weighted by Crippen LogP contribution is -2.25. The largest absolute Gasteiger partial charge is 0.352 e. The Morgan fingerprint density at radius 1 is 1.16 bits per heavy atom. The zero-order valence-electron chi connectivity index (χ0n) is 11.6. The summed E-state index contributed by atoms with van der Waals surface area (Å²) in [4.78, 5) is 6.77. The van der Waals surface area contributed by atoms with Crippen LogP contribution in [0.1, 0.15) is 31.0 Å². The van der Waals surface area contributed by atoms with E-state index in [1.807, 2.05) is 25.3 Å². The number of benzene rings is 1.